The minimum absolute atomic E-state index is 0.0646. The number of hydrogen-bond acceptors (Lipinski definition) is 5. The van der Waals surface area contributed by atoms with Gasteiger partial charge in [0.15, 0.2) is 9.84 Å². The third-order valence-electron chi connectivity index (χ3n) is 2.26. The van der Waals surface area contributed by atoms with E-state index in [1.807, 2.05) is 0 Å². The molecule has 0 aliphatic rings. The molecule has 0 saturated carbocycles. The van der Waals surface area contributed by atoms with Crippen molar-refractivity contribution in [2.75, 3.05) is 24.2 Å². The monoisotopic (exact) mass is 287 g/mol. The zero-order chi connectivity index (χ0) is 14.6. The van der Waals surface area contributed by atoms with Gasteiger partial charge in [0, 0.05) is 6.26 Å². The molecule has 0 aromatic heterocycles. The Morgan fingerprint density at radius 1 is 1.11 bits per heavy atom. The van der Waals surface area contributed by atoms with Crippen molar-refractivity contribution in [1.82, 2.24) is 0 Å². The van der Waals surface area contributed by atoms with Gasteiger partial charge in [-0.1, -0.05) is 12.1 Å². The van der Waals surface area contributed by atoms with Crippen LogP contribution in [0.1, 0.15) is 0 Å². The molecule has 0 aliphatic carbocycles. The van der Waals surface area contributed by atoms with E-state index in [9.17, 15) is 18.0 Å². The molecular weight excluding hydrogens is 274 g/mol. The molecule has 0 radical (unpaired) electrons. The van der Waals surface area contributed by atoms with Crippen LogP contribution in [0.2, 0.25) is 0 Å². The molecule has 0 heterocycles. The average molecular weight is 287 g/mol. The molecule has 0 unspecified atom stereocenters. The first-order valence-corrected chi connectivity index (χ1v) is 7.08. The average Bonchev–Trinajstić information content (AvgIpc) is 2.25. The zero-order valence-corrected chi connectivity index (χ0v) is 10.9. The van der Waals surface area contributed by atoms with Crippen LogP contribution < -0.4 is 4.90 Å². The van der Waals surface area contributed by atoms with Crippen molar-refractivity contribution in [2.45, 2.75) is 4.90 Å². The number of para-hydroxylation sites is 1. The number of rotatable bonds is 6. The van der Waals surface area contributed by atoms with E-state index in [-0.39, 0.29) is 10.6 Å². The van der Waals surface area contributed by atoms with Gasteiger partial charge < -0.3 is 15.1 Å². The number of sulfone groups is 1. The van der Waals surface area contributed by atoms with Crippen LogP contribution in [0.3, 0.4) is 0 Å². The molecule has 8 heteroatoms. The highest BCUT2D eigenvalue weighted by Crippen LogP contribution is 2.24. The Balaban J connectivity index is 3.29. The highest BCUT2D eigenvalue weighted by atomic mass is 32.2. The number of aliphatic carboxylic acids is 2. The Morgan fingerprint density at radius 3 is 2.00 bits per heavy atom. The first kappa shape index (κ1) is 15.0. The van der Waals surface area contributed by atoms with Gasteiger partial charge in [-0.15, -0.1) is 0 Å². The molecule has 0 bridgehead atoms. The first-order valence-electron chi connectivity index (χ1n) is 5.19. The molecule has 104 valence electrons. The summed E-state index contributed by atoms with van der Waals surface area (Å²) < 4.78 is 23.2. The Labute approximate surface area is 110 Å². The van der Waals surface area contributed by atoms with Gasteiger partial charge in [0.2, 0.25) is 0 Å². The lowest BCUT2D eigenvalue weighted by atomic mass is 10.3. The van der Waals surface area contributed by atoms with Crippen molar-refractivity contribution in [1.29, 1.82) is 0 Å². The number of benzene rings is 1. The molecule has 0 spiro atoms. The van der Waals surface area contributed by atoms with Gasteiger partial charge in [0.05, 0.1) is 10.6 Å². The number of hydrogen-bond donors (Lipinski definition) is 2. The Morgan fingerprint density at radius 2 is 1.58 bits per heavy atom. The summed E-state index contributed by atoms with van der Waals surface area (Å²) in [6.07, 6.45) is 0.978. The SMILES string of the molecule is CS(=O)(=O)c1ccccc1N(CC(=O)O)CC(=O)O. The second-order valence-corrected chi connectivity index (χ2v) is 5.87. The van der Waals surface area contributed by atoms with Crippen LogP contribution in [-0.2, 0) is 19.4 Å². The molecule has 1 aromatic rings. The molecular formula is C11H13NO6S. The van der Waals surface area contributed by atoms with Gasteiger partial charge >= 0.3 is 11.9 Å². The summed E-state index contributed by atoms with van der Waals surface area (Å²) in [7, 11) is -3.58. The zero-order valence-electron chi connectivity index (χ0n) is 10.1. The molecule has 0 fully saturated rings. The summed E-state index contributed by atoms with van der Waals surface area (Å²) in [6.45, 7) is -1.20. The van der Waals surface area contributed by atoms with Crippen LogP contribution in [-0.4, -0.2) is 49.9 Å². The van der Waals surface area contributed by atoms with E-state index in [4.69, 9.17) is 10.2 Å². The molecule has 0 atom stereocenters. The second kappa shape index (κ2) is 5.70. The topological polar surface area (TPSA) is 112 Å². The second-order valence-electron chi connectivity index (χ2n) is 3.88. The molecule has 2 N–H and O–H groups in total. The molecule has 0 aliphatic heterocycles. The van der Waals surface area contributed by atoms with E-state index in [0.29, 0.717) is 0 Å². The van der Waals surface area contributed by atoms with Crippen molar-refractivity contribution in [3.05, 3.63) is 24.3 Å². The lowest BCUT2D eigenvalue weighted by Gasteiger charge is -2.22. The van der Waals surface area contributed by atoms with E-state index >= 15 is 0 Å². The van der Waals surface area contributed by atoms with Gasteiger partial charge in [-0.25, -0.2) is 8.42 Å². The summed E-state index contributed by atoms with van der Waals surface area (Å²) in [5.74, 6) is -2.49. The Hall–Kier alpha value is -2.09. The minimum Gasteiger partial charge on any atom is -0.480 e. The molecule has 1 rings (SSSR count). The highest BCUT2D eigenvalue weighted by Gasteiger charge is 2.21. The lowest BCUT2D eigenvalue weighted by Crippen LogP contribution is -2.35. The summed E-state index contributed by atoms with van der Waals surface area (Å²) in [5, 5.41) is 17.5. The van der Waals surface area contributed by atoms with Crippen molar-refractivity contribution in [3.8, 4) is 0 Å². The van der Waals surface area contributed by atoms with Crippen molar-refractivity contribution < 1.29 is 28.2 Å². The number of carbonyl (C=O) groups is 2. The van der Waals surface area contributed by atoms with Crippen LogP contribution in [0.15, 0.2) is 29.2 Å². The van der Waals surface area contributed by atoms with E-state index in [2.05, 4.69) is 0 Å². The Kier molecular flexibility index (Phi) is 4.49. The quantitative estimate of drug-likeness (QED) is 0.761. The summed E-state index contributed by atoms with van der Waals surface area (Å²) in [5.41, 5.74) is 0.0646. The van der Waals surface area contributed by atoms with E-state index < -0.39 is 34.9 Å². The van der Waals surface area contributed by atoms with Crippen LogP contribution in [0.5, 0.6) is 0 Å². The van der Waals surface area contributed by atoms with Crippen LogP contribution in [0, 0.1) is 0 Å². The largest absolute Gasteiger partial charge is 0.480 e. The number of anilines is 1. The molecule has 19 heavy (non-hydrogen) atoms. The molecule has 0 saturated heterocycles. The first-order chi connectivity index (χ1) is 8.71. The fourth-order valence-electron chi connectivity index (χ4n) is 1.58. The van der Waals surface area contributed by atoms with Crippen molar-refractivity contribution in [2.24, 2.45) is 0 Å². The lowest BCUT2D eigenvalue weighted by molar-refractivity contribution is -0.136. The fourth-order valence-corrected chi connectivity index (χ4v) is 2.49. The molecule has 1 aromatic carbocycles. The van der Waals surface area contributed by atoms with E-state index in [1.54, 1.807) is 0 Å². The Bertz CT molecular complexity index is 579. The van der Waals surface area contributed by atoms with Gasteiger partial charge in [0.25, 0.3) is 0 Å². The molecule has 0 amide bonds. The predicted molar refractivity (Wildman–Crippen MR) is 67.0 cm³/mol. The summed E-state index contributed by atoms with van der Waals surface area (Å²) in [4.78, 5) is 22.4. The standard InChI is InChI=1S/C11H13NO6S/c1-19(17,18)9-5-3-2-4-8(9)12(6-10(13)14)7-11(15)16/h2-5H,6-7H2,1H3,(H,13,14)(H,15,16). The van der Waals surface area contributed by atoms with E-state index in [0.717, 1.165) is 11.2 Å². The van der Waals surface area contributed by atoms with Crippen LogP contribution in [0.4, 0.5) is 5.69 Å². The third-order valence-corrected chi connectivity index (χ3v) is 3.40. The van der Waals surface area contributed by atoms with Gasteiger partial charge in [-0.05, 0) is 12.1 Å². The fraction of sp³-hybridized carbons (Fsp3) is 0.273. The van der Waals surface area contributed by atoms with Crippen molar-refractivity contribution >= 4 is 27.5 Å². The summed E-state index contributed by atoms with van der Waals surface area (Å²) >= 11 is 0. The van der Waals surface area contributed by atoms with Crippen molar-refractivity contribution in [3.63, 3.8) is 0 Å². The van der Waals surface area contributed by atoms with E-state index in [1.165, 1.54) is 24.3 Å². The van der Waals surface area contributed by atoms with Gasteiger partial charge in [-0.2, -0.15) is 0 Å². The number of carboxylic acid groups (broad SMARTS) is 2. The van der Waals surface area contributed by atoms with Gasteiger partial charge in [0.1, 0.15) is 13.1 Å². The minimum atomic E-state index is -3.58. The summed E-state index contributed by atoms with van der Waals surface area (Å²) in [6, 6.07) is 5.68. The number of carboxylic acids is 2. The third kappa shape index (κ3) is 4.25. The number of nitrogens with zero attached hydrogens (tertiary/aromatic N) is 1. The normalized spacial score (nSPS) is 11.0. The van der Waals surface area contributed by atoms with Gasteiger partial charge in [-0.3, -0.25) is 9.59 Å². The van der Waals surface area contributed by atoms with Crippen LogP contribution >= 0.6 is 0 Å². The molecule has 7 nitrogen and oxygen atoms in total. The van der Waals surface area contributed by atoms with Crippen LogP contribution in [0.25, 0.3) is 0 Å². The smallest absolute Gasteiger partial charge is 0.323 e. The maximum Gasteiger partial charge on any atom is 0.323 e. The maximum atomic E-state index is 11.6. The maximum absolute atomic E-state index is 11.6. The predicted octanol–water partition coefficient (Wildman–Crippen LogP) is 0.0657. The highest BCUT2D eigenvalue weighted by molar-refractivity contribution is 7.90.